The van der Waals surface area contributed by atoms with Gasteiger partial charge in [0.05, 0.1) is 0 Å². The number of hydrogen-bond acceptors (Lipinski definition) is 3. The third-order valence-corrected chi connectivity index (χ3v) is 0. The summed E-state index contributed by atoms with van der Waals surface area (Å²) in [5, 5.41) is 13.5. The SMILES string of the molecule is CC(=O)O.N=C(N)N.NC(N)=S. The van der Waals surface area contributed by atoms with Gasteiger partial charge in [-0.2, -0.15) is 0 Å². The number of aliphatic carboxylic acids is 1. The molecule has 0 bridgehead atoms. The molecule has 10 N–H and O–H groups in total. The minimum Gasteiger partial charge on any atom is -0.481 e. The highest BCUT2D eigenvalue weighted by Crippen LogP contribution is 1.42. The van der Waals surface area contributed by atoms with E-state index in [0.29, 0.717) is 0 Å². The first kappa shape index (κ1) is 16.8. The minimum atomic E-state index is -0.833. The van der Waals surface area contributed by atoms with Gasteiger partial charge in [-0.15, -0.1) is 0 Å². The second-order valence-corrected chi connectivity index (χ2v) is 1.85. The Labute approximate surface area is 75.2 Å². The van der Waals surface area contributed by atoms with Crippen LogP contribution in [0.2, 0.25) is 0 Å². The summed E-state index contributed by atoms with van der Waals surface area (Å²) in [6.07, 6.45) is 0. The van der Waals surface area contributed by atoms with Gasteiger partial charge >= 0.3 is 0 Å². The van der Waals surface area contributed by atoms with Crippen molar-refractivity contribution in [2.45, 2.75) is 6.92 Å². The van der Waals surface area contributed by atoms with Crippen LogP contribution in [0.25, 0.3) is 0 Å². The van der Waals surface area contributed by atoms with Crippen LogP contribution in [-0.2, 0) is 4.79 Å². The molecule has 72 valence electrons. The lowest BCUT2D eigenvalue weighted by Gasteiger charge is -1.69. The number of thiocarbonyl (C=S) groups is 1. The Bertz CT molecular complexity index is 119. The van der Waals surface area contributed by atoms with Crippen LogP contribution in [0, 0.1) is 5.41 Å². The Morgan fingerprint density at radius 2 is 1.33 bits per heavy atom. The summed E-state index contributed by atoms with van der Waals surface area (Å²) in [4.78, 5) is 9.00. The molecule has 0 saturated carbocycles. The van der Waals surface area contributed by atoms with Gasteiger partial charge in [-0.1, -0.05) is 0 Å². The van der Waals surface area contributed by atoms with Crippen LogP contribution >= 0.6 is 12.2 Å². The summed E-state index contributed by atoms with van der Waals surface area (Å²) in [6, 6.07) is 0. The molecule has 0 radical (unpaired) electrons. The molecule has 0 aliphatic rings. The number of carbonyl (C=O) groups is 1. The second-order valence-electron chi connectivity index (χ2n) is 1.38. The lowest BCUT2D eigenvalue weighted by atomic mass is 10.9. The van der Waals surface area contributed by atoms with Gasteiger partial charge in [0.1, 0.15) is 0 Å². The lowest BCUT2D eigenvalue weighted by Crippen LogP contribution is -2.20. The standard InChI is InChI=1S/C2H4O2.CH5N3.CH4N2S/c1-2(3)4;2*2-1(3)4/h1H3,(H,3,4);(H5,2,3,4);(H4,2,3,4). The summed E-state index contributed by atoms with van der Waals surface area (Å²) in [5.41, 5.74) is 18.2. The first-order valence-electron chi connectivity index (χ1n) is 2.54. The average Bonchev–Trinajstić information content (AvgIpc) is 1.54. The van der Waals surface area contributed by atoms with Gasteiger partial charge in [0.15, 0.2) is 11.1 Å². The van der Waals surface area contributed by atoms with Crippen molar-refractivity contribution in [3.63, 3.8) is 0 Å². The molecule has 0 aromatic carbocycles. The van der Waals surface area contributed by atoms with Crippen molar-refractivity contribution >= 4 is 29.3 Å². The summed E-state index contributed by atoms with van der Waals surface area (Å²) < 4.78 is 0. The maximum atomic E-state index is 9.00. The Balaban J connectivity index is -0.000000101. The molecular weight excluding hydrogens is 182 g/mol. The lowest BCUT2D eigenvalue weighted by molar-refractivity contribution is -0.134. The zero-order chi connectivity index (χ0) is 10.7. The van der Waals surface area contributed by atoms with Crippen molar-refractivity contribution in [3.05, 3.63) is 0 Å². The van der Waals surface area contributed by atoms with Crippen LogP contribution in [0.5, 0.6) is 0 Å². The molecule has 0 fully saturated rings. The monoisotopic (exact) mass is 195 g/mol. The molecule has 0 heterocycles. The zero-order valence-electron chi connectivity index (χ0n) is 6.57. The van der Waals surface area contributed by atoms with E-state index < -0.39 is 5.97 Å². The first-order valence-corrected chi connectivity index (χ1v) is 2.94. The molecular formula is C4H13N5O2S. The number of nitrogens with two attached hydrogens (primary N) is 4. The Morgan fingerprint density at radius 3 is 1.33 bits per heavy atom. The predicted octanol–water partition coefficient (Wildman–Crippen LogP) is -1.88. The maximum absolute atomic E-state index is 9.00. The fraction of sp³-hybridized carbons (Fsp3) is 0.250. The molecule has 0 spiro atoms. The minimum absolute atomic E-state index is 0.000000000000000222. The normalized spacial score (nSPS) is 6.08. The second kappa shape index (κ2) is 12.1. The molecule has 7 nitrogen and oxygen atoms in total. The van der Waals surface area contributed by atoms with Crippen molar-refractivity contribution in [1.29, 1.82) is 5.41 Å². The summed E-state index contributed by atoms with van der Waals surface area (Å²) in [7, 11) is 0. The van der Waals surface area contributed by atoms with Gasteiger partial charge < -0.3 is 28.0 Å². The van der Waals surface area contributed by atoms with Gasteiger partial charge in [-0.05, 0) is 12.2 Å². The smallest absolute Gasteiger partial charge is 0.300 e. The van der Waals surface area contributed by atoms with Gasteiger partial charge in [0, 0.05) is 6.92 Å². The van der Waals surface area contributed by atoms with Crippen LogP contribution < -0.4 is 22.9 Å². The predicted molar refractivity (Wildman–Crippen MR) is 50.4 cm³/mol. The highest BCUT2D eigenvalue weighted by molar-refractivity contribution is 7.80. The van der Waals surface area contributed by atoms with Crippen molar-refractivity contribution in [3.8, 4) is 0 Å². The van der Waals surface area contributed by atoms with Crippen LogP contribution in [0.15, 0.2) is 0 Å². The molecule has 0 aromatic heterocycles. The number of rotatable bonds is 0. The van der Waals surface area contributed by atoms with Crippen molar-refractivity contribution in [1.82, 2.24) is 0 Å². The third kappa shape index (κ3) is 189. The maximum Gasteiger partial charge on any atom is 0.300 e. The van der Waals surface area contributed by atoms with E-state index in [1.54, 1.807) is 0 Å². The Hall–Kier alpha value is -1.57. The molecule has 0 atom stereocenters. The molecule has 0 aliphatic heterocycles. The van der Waals surface area contributed by atoms with E-state index in [1.165, 1.54) is 0 Å². The Morgan fingerprint density at radius 1 is 1.33 bits per heavy atom. The topological polar surface area (TPSA) is 165 Å². The number of hydrogen-bond donors (Lipinski definition) is 6. The zero-order valence-corrected chi connectivity index (χ0v) is 7.39. The molecule has 0 rings (SSSR count). The Kier molecular flexibility index (Phi) is 17.0. The van der Waals surface area contributed by atoms with Gasteiger partial charge in [-0.25, -0.2) is 0 Å². The van der Waals surface area contributed by atoms with Crippen molar-refractivity contribution in [2.75, 3.05) is 0 Å². The molecule has 12 heavy (non-hydrogen) atoms. The highest BCUT2D eigenvalue weighted by Gasteiger charge is 1.65. The number of carboxylic acid groups (broad SMARTS) is 1. The van der Waals surface area contributed by atoms with E-state index >= 15 is 0 Å². The number of carboxylic acids is 1. The van der Waals surface area contributed by atoms with Crippen LogP contribution in [0.1, 0.15) is 6.92 Å². The summed E-state index contributed by atoms with van der Waals surface area (Å²) in [6.45, 7) is 1.08. The molecule has 0 saturated heterocycles. The van der Waals surface area contributed by atoms with E-state index in [-0.39, 0.29) is 11.1 Å². The van der Waals surface area contributed by atoms with Crippen molar-refractivity contribution < 1.29 is 9.90 Å². The molecule has 0 aromatic rings. The molecule has 0 amide bonds. The quantitative estimate of drug-likeness (QED) is 0.149. The molecule has 0 aliphatic carbocycles. The van der Waals surface area contributed by atoms with Crippen LogP contribution in [0.4, 0.5) is 0 Å². The van der Waals surface area contributed by atoms with Gasteiger partial charge in [-0.3, -0.25) is 10.2 Å². The van der Waals surface area contributed by atoms with E-state index in [0.717, 1.165) is 6.92 Å². The van der Waals surface area contributed by atoms with Crippen LogP contribution in [-0.4, -0.2) is 22.1 Å². The highest BCUT2D eigenvalue weighted by atomic mass is 32.1. The van der Waals surface area contributed by atoms with Crippen LogP contribution in [0.3, 0.4) is 0 Å². The third-order valence-electron chi connectivity index (χ3n) is 0. The molecule has 8 heteroatoms. The summed E-state index contributed by atoms with van der Waals surface area (Å²) in [5.74, 6) is -1.17. The average molecular weight is 195 g/mol. The van der Waals surface area contributed by atoms with E-state index in [1.807, 2.05) is 0 Å². The number of guanidine groups is 1. The first-order chi connectivity index (χ1) is 5.20. The van der Waals surface area contributed by atoms with E-state index in [9.17, 15) is 0 Å². The van der Waals surface area contributed by atoms with Gasteiger partial charge in [0.25, 0.3) is 5.97 Å². The van der Waals surface area contributed by atoms with E-state index in [4.69, 9.17) is 15.3 Å². The largest absolute Gasteiger partial charge is 0.481 e. The van der Waals surface area contributed by atoms with E-state index in [2.05, 4.69) is 35.2 Å². The fourth-order valence-corrected chi connectivity index (χ4v) is 0. The molecule has 0 unspecified atom stereocenters. The van der Waals surface area contributed by atoms with Gasteiger partial charge in [0.2, 0.25) is 0 Å². The summed E-state index contributed by atoms with van der Waals surface area (Å²) >= 11 is 4.09. The number of nitrogens with one attached hydrogen (secondary N) is 1. The fourth-order valence-electron chi connectivity index (χ4n) is 0. The van der Waals surface area contributed by atoms with Crippen molar-refractivity contribution in [2.24, 2.45) is 22.9 Å².